The molecule has 1 amide bonds. The van der Waals surface area contributed by atoms with Crippen molar-refractivity contribution in [1.82, 2.24) is 19.2 Å². The molecular formula is C16H20F2N4O3S. The Morgan fingerprint density at radius 2 is 2.04 bits per heavy atom. The van der Waals surface area contributed by atoms with Gasteiger partial charge in [0.25, 0.3) is 5.91 Å². The first-order valence-electron chi connectivity index (χ1n) is 7.79. The Balaban J connectivity index is 2.21. The quantitative estimate of drug-likeness (QED) is 0.791. The molecule has 0 fully saturated rings. The maximum atomic E-state index is 12.9. The van der Waals surface area contributed by atoms with E-state index in [9.17, 15) is 22.0 Å². The molecule has 0 aliphatic carbocycles. The number of benzene rings is 1. The highest BCUT2D eigenvalue weighted by molar-refractivity contribution is 7.89. The number of halogens is 2. The Morgan fingerprint density at radius 1 is 1.35 bits per heavy atom. The molecule has 1 N–H and O–H groups in total. The second-order valence-electron chi connectivity index (χ2n) is 5.99. The van der Waals surface area contributed by atoms with Gasteiger partial charge in [-0.3, -0.25) is 9.36 Å². The van der Waals surface area contributed by atoms with Crippen LogP contribution in [0.3, 0.4) is 0 Å². The molecule has 0 saturated carbocycles. The highest BCUT2D eigenvalue weighted by Gasteiger charge is 2.20. The third kappa shape index (κ3) is 4.64. The Labute approximate surface area is 150 Å². The molecule has 10 heteroatoms. The first-order valence-corrected chi connectivity index (χ1v) is 9.28. The van der Waals surface area contributed by atoms with E-state index in [-0.39, 0.29) is 28.9 Å². The van der Waals surface area contributed by atoms with Gasteiger partial charge in [-0.1, -0.05) is 6.07 Å². The lowest BCUT2D eigenvalue weighted by Crippen LogP contribution is -2.31. The predicted octanol–water partition coefficient (Wildman–Crippen LogP) is 2.24. The van der Waals surface area contributed by atoms with E-state index < -0.39 is 22.5 Å². The van der Waals surface area contributed by atoms with Crippen molar-refractivity contribution in [3.05, 3.63) is 48.0 Å². The molecule has 0 spiro atoms. The molecule has 142 valence electrons. The smallest absolute Gasteiger partial charge is 0.319 e. The highest BCUT2D eigenvalue weighted by atomic mass is 32.2. The van der Waals surface area contributed by atoms with E-state index >= 15 is 0 Å². The lowest BCUT2D eigenvalue weighted by Gasteiger charge is -2.18. The average molecular weight is 386 g/mol. The molecule has 0 saturated heterocycles. The maximum absolute atomic E-state index is 12.9. The maximum Gasteiger partial charge on any atom is 0.319 e. The summed E-state index contributed by atoms with van der Waals surface area (Å²) in [4.78, 5) is 17.5. The van der Waals surface area contributed by atoms with E-state index in [1.54, 1.807) is 13.8 Å². The molecule has 1 aromatic heterocycles. The average Bonchev–Trinajstić information content (AvgIpc) is 3.01. The van der Waals surface area contributed by atoms with Crippen LogP contribution in [0, 0.1) is 0 Å². The minimum atomic E-state index is -3.75. The highest BCUT2D eigenvalue weighted by Crippen LogP contribution is 2.16. The van der Waals surface area contributed by atoms with Crippen LogP contribution in [0.15, 0.2) is 41.6 Å². The third-order valence-electron chi connectivity index (χ3n) is 3.47. The van der Waals surface area contributed by atoms with Crippen molar-refractivity contribution in [2.75, 3.05) is 7.05 Å². The van der Waals surface area contributed by atoms with E-state index in [1.807, 2.05) is 0 Å². The summed E-state index contributed by atoms with van der Waals surface area (Å²) in [5.41, 5.74) is 0.134. The van der Waals surface area contributed by atoms with Gasteiger partial charge in [0, 0.05) is 31.0 Å². The van der Waals surface area contributed by atoms with Gasteiger partial charge in [-0.25, -0.2) is 18.1 Å². The predicted molar refractivity (Wildman–Crippen MR) is 91.2 cm³/mol. The largest absolute Gasteiger partial charge is 0.334 e. The summed E-state index contributed by atoms with van der Waals surface area (Å²) in [5, 5.41) is 0. The van der Waals surface area contributed by atoms with Crippen LogP contribution >= 0.6 is 0 Å². The lowest BCUT2D eigenvalue weighted by molar-refractivity contribution is 0.0612. The number of carbonyl (C=O) groups excluding carboxylic acids is 1. The molecule has 0 atom stereocenters. The third-order valence-corrected chi connectivity index (χ3v) is 5.12. The summed E-state index contributed by atoms with van der Waals surface area (Å²) >= 11 is 0. The molecule has 0 unspecified atom stereocenters. The fourth-order valence-corrected chi connectivity index (χ4v) is 3.62. The Kier molecular flexibility index (Phi) is 6.09. The van der Waals surface area contributed by atoms with Crippen LogP contribution in [-0.4, -0.2) is 41.9 Å². The topological polar surface area (TPSA) is 84.3 Å². The Morgan fingerprint density at radius 3 is 2.65 bits per heavy atom. The molecule has 0 bridgehead atoms. The van der Waals surface area contributed by atoms with Crippen LogP contribution in [0.1, 0.15) is 36.6 Å². The SMILES string of the molecule is CC(C)NS(=O)(=O)c1cccc(C(=O)N(C)Cc2nccn2C(F)F)c1. The number of nitrogens with one attached hydrogen (secondary N) is 1. The first kappa shape index (κ1) is 20.0. The first-order chi connectivity index (χ1) is 12.1. The van der Waals surface area contributed by atoms with Crippen LogP contribution in [-0.2, 0) is 16.6 Å². The van der Waals surface area contributed by atoms with Gasteiger partial charge < -0.3 is 4.90 Å². The molecule has 2 rings (SSSR count). The van der Waals surface area contributed by atoms with Gasteiger partial charge in [0.15, 0.2) is 0 Å². The van der Waals surface area contributed by atoms with E-state index in [0.29, 0.717) is 4.57 Å². The van der Waals surface area contributed by atoms with Gasteiger partial charge in [0.2, 0.25) is 10.0 Å². The minimum Gasteiger partial charge on any atom is -0.334 e. The zero-order valence-corrected chi connectivity index (χ0v) is 15.4. The minimum absolute atomic E-state index is 0.0288. The summed E-state index contributed by atoms with van der Waals surface area (Å²) in [5.74, 6) is -0.475. The van der Waals surface area contributed by atoms with Crippen LogP contribution in [0.25, 0.3) is 0 Å². The number of hydrogen-bond donors (Lipinski definition) is 1. The molecule has 2 aromatic rings. The summed E-state index contributed by atoms with van der Waals surface area (Å²) < 4.78 is 53.3. The molecule has 1 heterocycles. The Bertz CT molecular complexity index is 881. The second-order valence-corrected chi connectivity index (χ2v) is 7.71. The van der Waals surface area contributed by atoms with Crippen LogP contribution in [0.2, 0.25) is 0 Å². The van der Waals surface area contributed by atoms with Gasteiger partial charge >= 0.3 is 6.55 Å². The molecular weight excluding hydrogens is 366 g/mol. The zero-order valence-electron chi connectivity index (χ0n) is 14.6. The van der Waals surface area contributed by atoms with Crippen molar-refractivity contribution in [2.24, 2.45) is 0 Å². The number of nitrogens with zero attached hydrogens (tertiary/aromatic N) is 3. The number of amides is 1. The number of hydrogen-bond acceptors (Lipinski definition) is 4. The van der Waals surface area contributed by atoms with E-state index in [2.05, 4.69) is 9.71 Å². The number of aromatic nitrogens is 2. The standard InChI is InChI=1S/C16H20F2N4O3S/c1-11(2)20-26(24,25)13-6-4-5-12(9-13)15(23)21(3)10-14-19-7-8-22(14)16(17)18/h4-9,11,16,20H,10H2,1-3H3. The summed E-state index contributed by atoms with van der Waals surface area (Å²) in [6.45, 7) is 0.473. The Hall–Kier alpha value is -2.33. The molecule has 0 aliphatic rings. The van der Waals surface area contributed by atoms with Crippen molar-refractivity contribution in [2.45, 2.75) is 37.9 Å². The molecule has 1 aromatic carbocycles. The summed E-state index contributed by atoms with van der Waals surface area (Å²) in [7, 11) is -2.31. The summed E-state index contributed by atoms with van der Waals surface area (Å²) in [6, 6.07) is 5.26. The number of imidazole rings is 1. The zero-order chi connectivity index (χ0) is 19.5. The second kappa shape index (κ2) is 7.92. The van der Waals surface area contributed by atoms with Crippen molar-refractivity contribution < 1.29 is 22.0 Å². The van der Waals surface area contributed by atoms with Gasteiger partial charge in [-0.2, -0.15) is 8.78 Å². The normalized spacial score (nSPS) is 12.0. The van der Waals surface area contributed by atoms with Crippen LogP contribution < -0.4 is 4.72 Å². The van der Waals surface area contributed by atoms with Gasteiger partial charge in [0.05, 0.1) is 11.4 Å². The number of rotatable bonds is 7. The van der Waals surface area contributed by atoms with Crippen molar-refractivity contribution >= 4 is 15.9 Å². The van der Waals surface area contributed by atoms with E-state index in [1.165, 1.54) is 42.4 Å². The van der Waals surface area contributed by atoms with Crippen LogP contribution in [0.4, 0.5) is 8.78 Å². The van der Waals surface area contributed by atoms with Gasteiger partial charge in [0.1, 0.15) is 5.82 Å². The number of alkyl halides is 2. The van der Waals surface area contributed by atoms with Crippen molar-refractivity contribution in [3.63, 3.8) is 0 Å². The van der Waals surface area contributed by atoms with Gasteiger partial charge in [-0.15, -0.1) is 0 Å². The molecule has 0 aliphatic heterocycles. The van der Waals surface area contributed by atoms with Crippen molar-refractivity contribution in [3.8, 4) is 0 Å². The number of sulfonamides is 1. The fourth-order valence-electron chi connectivity index (χ4n) is 2.32. The molecule has 7 nitrogen and oxygen atoms in total. The summed E-state index contributed by atoms with van der Waals surface area (Å²) in [6.07, 6.45) is 2.35. The fraction of sp³-hybridized carbons (Fsp3) is 0.375. The number of carbonyl (C=O) groups is 1. The van der Waals surface area contributed by atoms with Gasteiger partial charge in [-0.05, 0) is 32.0 Å². The lowest BCUT2D eigenvalue weighted by atomic mass is 10.2. The molecule has 26 heavy (non-hydrogen) atoms. The van der Waals surface area contributed by atoms with Crippen molar-refractivity contribution in [1.29, 1.82) is 0 Å². The van der Waals surface area contributed by atoms with E-state index in [4.69, 9.17) is 0 Å². The molecule has 0 radical (unpaired) electrons. The van der Waals surface area contributed by atoms with E-state index in [0.717, 1.165) is 6.20 Å². The van der Waals surface area contributed by atoms with Crippen LogP contribution in [0.5, 0.6) is 0 Å². The monoisotopic (exact) mass is 386 g/mol.